The van der Waals surface area contributed by atoms with Gasteiger partial charge in [0.1, 0.15) is 16.4 Å². The van der Waals surface area contributed by atoms with Crippen LogP contribution in [-0.2, 0) is 11.3 Å². The first-order valence-electron chi connectivity index (χ1n) is 9.96. The van der Waals surface area contributed by atoms with E-state index in [1.807, 2.05) is 41.6 Å². The van der Waals surface area contributed by atoms with Gasteiger partial charge in [-0.3, -0.25) is 9.69 Å². The molecule has 162 valence electrons. The van der Waals surface area contributed by atoms with Gasteiger partial charge in [-0.2, -0.15) is 0 Å². The Morgan fingerprint density at radius 3 is 2.83 bits per heavy atom. The van der Waals surface area contributed by atoms with Gasteiger partial charge in [0.05, 0.1) is 31.8 Å². The van der Waals surface area contributed by atoms with E-state index >= 15 is 0 Å². The summed E-state index contributed by atoms with van der Waals surface area (Å²) in [5.74, 6) is 1.75. The highest BCUT2D eigenvalue weighted by atomic mass is 32.1. The van der Waals surface area contributed by atoms with Crippen LogP contribution >= 0.6 is 11.3 Å². The lowest BCUT2D eigenvalue weighted by atomic mass is 10.1. The van der Waals surface area contributed by atoms with E-state index in [1.165, 1.54) is 11.3 Å². The van der Waals surface area contributed by atoms with Crippen LogP contribution in [0.15, 0.2) is 34.4 Å². The Hall–Kier alpha value is -2.26. The van der Waals surface area contributed by atoms with Gasteiger partial charge < -0.3 is 19.6 Å². The maximum absolute atomic E-state index is 12.8. The zero-order valence-electron chi connectivity index (χ0n) is 17.8. The Labute approximate surface area is 180 Å². The van der Waals surface area contributed by atoms with Crippen LogP contribution in [0.25, 0.3) is 21.3 Å². The van der Waals surface area contributed by atoms with E-state index in [0.717, 1.165) is 16.9 Å². The summed E-state index contributed by atoms with van der Waals surface area (Å²) >= 11 is 1.45. The van der Waals surface area contributed by atoms with Crippen molar-refractivity contribution in [1.82, 2.24) is 14.9 Å². The smallest absolute Gasteiger partial charge is 0.260 e. The number of rotatable bonds is 10. The molecule has 0 aliphatic carbocycles. The van der Waals surface area contributed by atoms with Crippen molar-refractivity contribution in [2.45, 2.75) is 26.5 Å². The van der Waals surface area contributed by atoms with Crippen molar-refractivity contribution >= 4 is 21.6 Å². The third kappa shape index (κ3) is 5.66. The van der Waals surface area contributed by atoms with Crippen molar-refractivity contribution in [3.8, 4) is 16.9 Å². The van der Waals surface area contributed by atoms with Gasteiger partial charge in [-0.1, -0.05) is 26.0 Å². The summed E-state index contributed by atoms with van der Waals surface area (Å²) in [5, 5.41) is 12.7. The van der Waals surface area contributed by atoms with E-state index in [-0.39, 0.29) is 5.56 Å². The number of nitrogens with one attached hydrogen (secondary N) is 1. The fourth-order valence-electron chi connectivity index (χ4n) is 3.24. The first-order chi connectivity index (χ1) is 14.4. The summed E-state index contributed by atoms with van der Waals surface area (Å²) in [6.45, 7) is 5.92. The molecule has 30 heavy (non-hydrogen) atoms. The van der Waals surface area contributed by atoms with Crippen LogP contribution in [0.3, 0.4) is 0 Å². The molecule has 2 heterocycles. The lowest BCUT2D eigenvalue weighted by molar-refractivity contribution is 0.0106. The van der Waals surface area contributed by atoms with Crippen molar-refractivity contribution in [3.05, 3.63) is 45.8 Å². The molecule has 2 N–H and O–H groups in total. The SMILES string of the molecule is COc1cccc(-c2csc3nc(CN(C)CC(O)COCC(C)C)[nH]c(=O)c23)c1. The summed E-state index contributed by atoms with van der Waals surface area (Å²) in [4.78, 5) is 23.0. The maximum atomic E-state index is 12.8. The van der Waals surface area contributed by atoms with Gasteiger partial charge in [-0.15, -0.1) is 11.3 Å². The Balaban J connectivity index is 1.72. The van der Waals surface area contributed by atoms with Gasteiger partial charge in [0.2, 0.25) is 0 Å². The average Bonchev–Trinajstić information content (AvgIpc) is 3.12. The number of methoxy groups -OCH3 is 1. The predicted molar refractivity (Wildman–Crippen MR) is 120 cm³/mol. The molecule has 0 aliphatic rings. The van der Waals surface area contributed by atoms with Crippen molar-refractivity contribution < 1.29 is 14.6 Å². The molecule has 0 radical (unpaired) electrons. The Kier molecular flexibility index (Phi) is 7.60. The number of nitrogens with zero attached hydrogens (tertiary/aromatic N) is 2. The number of aliphatic hydroxyl groups excluding tert-OH is 1. The van der Waals surface area contributed by atoms with E-state index in [2.05, 4.69) is 23.8 Å². The second-order valence-electron chi connectivity index (χ2n) is 7.86. The standard InChI is InChI=1S/C22H29N3O4S/c1-14(2)11-29-12-16(26)9-25(3)10-19-23-21(27)20-18(13-30-22(20)24-19)15-6-5-7-17(8-15)28-4/h5-8,13-14,16,26H,9-12H2,1-4H3,(H,23,24,27). The highest BCUT2D eigenvalue weighted by Crippen LogP contribution is 2.32. The molecule has 2 aromatic heterocycles. The van der Waals surface area contributed by atoms with E-state index in [4.69, 9.17) is 9.47 Å². The van der Waals surface area contributed by atoms with Crippen molar-refractivity contribution in [2.24, 2.45) is 5.92 Å². The van der Waals surface area contributed by atoms with Crippen LogP contribution in [0, 0.1) is 5.92 Å². The minimum absolute atomic E-state index is 0.164. The van der Waals surface area contributed by atoms with E-state index in [0.29, 0.717) is 48.3 Å². The number of H-pyrrole nitrogens is 1. The fraction of sp³-hybridized carbons (Fsp3) is 0.455. The van der Waals surface area contributed by atoms with Crippen LogP contribution < -0.4 is 10.3 Å². The first kappa shape index (κ1) is 22.4. The van der Waals surface area contributed by atoms with Gasteiger partial charge in [-0.25, -0.2) is 4.98 Å². The van der Waals surface area contributed by atoms with Gasteiger partial charge in [-0.05, 0) is 30.7 Å². The molecular formula is C22H29N3O4S. The highest BCUT2D eigenvalue weighted by Gasteiger charge is 2.15. The van der Waals surface area contributed by atoms with Crippen LogP contribution in [0.1, 0.15) is 19.7 Å². The van der Waals surface area contributed by atoms with Gasteiger partial charge in [0, 0.05) is 24.1 Å². The molecule has 3 aromatic rings. The summed E-state index contributed by atoms with van der Waals surface area (Å²) in [6, 6.07) is 7.63. The van der Waals surface area contributed by atoms with E-state index in [9.17, 15) is 9.90 Å². The molecule has 0 saturated heterocycles. The Bertz CT molecular complexity index is 1030. The van der Waals surface area contributed by atoms with Crippen molar-refractivity contribution in [1.29, 1.82) is 0 Å². The Morgan fingerprint density at radius 1 is 1.30 bits per heavy atom. The average molecular weight is 432 g/mol. The fourth-order valence-corrected chi connectivity index (χ4v) is 4.21. The zero-order chi connectivity index (χ0) is 21.7. The molecule has 7 nitrogen and oxygen atoms in total. The molecule has 0 amide bonds. The topological polar surface area (TPSA) is 87.7 Å². The lowest BCUT2D eigenvalue weighted by Gasteiger charge is -2.20. The summed E-state index contributed by atoms with van der Waals surface area (Å²) in [6.07, 6.45) is -0.592. The van der Waals surface area contributed by atoms with Crippen LogP contribution in [-0.4, -0.2) is 60.0 Å². The monoisotopic (exact) mass is 431 g/mol. The minimum Gasteiger partial charge on any atom is -0.497 e. The van der Waals surface area contributed by atoms with Crippen LogP contribution in [0.5, 0.6) is 5.75 Å². The van der Waals surface area contributed by atoms with Gasteiger partial charge in [0.25, 0.3) is 5.56 Å². The largest absolute Gasteiger partial charge is 0.497 e. The molecule has 0 saturated carbocycles. The molecular weight excluding hydrogens is 402 g/mol. The normalized spacial score (nSPS) is 12.8. The number of likely N-dealkylation sites (N-methyl/N-ethyl adjacent to an activating group) is 1. The summed E-state index contributed by atoms with van der Waals surface area (Å²) in [7, 11) is 3.50. The number of fused-ring (bicyclic) bond motifs is 1. The molecule has 0 fully saturated rings. The number of ether oxygens (including phenoxy) is 2. The van der Waals surface area contributed by atoms with Crippen molar-refractivity contribution in [3.63, 3.8) is 0 Å². The lowest BCUT2D eigenvalue weighted by Crippen LogP contribution is -2.33. The molecule has 0 spiro atoms. The third-order valence-electron chi connectivity index (χ3n) is 4.58. The number of benzene rings is 1. The maximum Gasteiger partial charge on any atom is 0.260 e. The van der Waals surface area contributed by atoms with E-state index in [1.54, 1.807) is 7.11 Å². The van der Waals surface area contributed by atoms with Crippen LogP contribution in [0.2, 0.25) is 0 Å². The molecule has 8 heteroatoms. The summed E-state index contributed by atoms with van der Waals surface area (Å²) in [5.41, 5.74) is 1.60. The summed E-state index contributed by atoms with van der Waals surface area (Å²) < 4.78 is 10.8. The molecule has 0 bridgehead atoms. The van der Waals surface area contributed by atoms with Crippen LogP contribution in [0.4, 0.5) is 0 Å². The quantitative estimate of drug-likeness (QED) is 0.513. The second kappa shape index (κ2) is 10.2. The zero-order valence-corrected chi connectivity index (χ0v) is 18.7. The van der Waals surface area contributed by atoms with Gasteiger partial charge >= 0.3 is 0 Å². The molecule has 1 aromatic carbocycles. The number of hydrogen-bond donors (Lipinski definition) is 2. The molecule has 3 rings (SSSR count). The molecule has 1 unspecified atom stereocenters. The highest BCUT2D eigenvalue weighted by molar-refractivity contribution is 7.17. The minimum atomic E-state index is -0.592. The third-order valence-corrected chi connectivity index (χ3v) is 5.45. The molecule has 1 atom stereocenters. The van der Waals surface area contributed by atoms with Gasteiger partial charge in [0.15, 0.2) is 0 Å². The first-order valence-corrected chi connectivity index (χ1v) is 10.8. The predicted octanol–water partition coefficient (Wildman–Crippen LogP) is 3.13. The number of hydrogen-bond acceptors (Lipinski definition) is 7. The number of aromatic amines is 1. The van der Waals surface area contributed by atoms with E-state index < -0.39 is 6.10 Å². The molecule has 0 aliphatic heterocycles. The number of aromatic nitrogens is 2. The van der Waals surface area contributed by atoms with Crippen molar-refractivity contribution in [2.75, 3.05) is 33.9 Å². The number of thiophene rings is 1. The Morgan fingerprint density at radius 2 is 2.10 bits per heavy atom. The second-order valence-corrected chi connectivity index (χ2v) is 8.71. The number of aliphatic hydroxyl groups is 1.